The zero-order valence-corrected chi connectivity index (χ0v) is 19.3. The summed E-state index contributed by atoms with van der Waals surface area (Å²) in [5.41, 5.74) is 1.06. The van der Waals surface area contributed by atoms with Gasteiger partial charge in [0, 0.05) is 45.0 Å². The molecule has 1 fully saturated rings. The number of carbonyl (C=O) groups excluding carboxylic acids is 1. The van der Waals surface area contributed by atoms with Crippen LogP contribution < -0.4 is 4.90 Å². The molecule has 9 heteroatoms. The molecular weight excluding hydrogens is 427 g/mol. The summed E-state index contributed by atoms with van der Waals surface area (Å²) in [6.45, 7) is 8.00. The van der Waals surface area contributed by atoms with E-state index in [-0.39, 0.29) is 12.1 Å². The van der Waals surface area contributed by atoms with Crippen molar-refractivity contribution < 1.29 is 14.3 Å². The Kier molecular flexibility index (Phi) is 7.16. The van der Waals surface area contributed by atoms with E-state index in [2.05, 4.69) is 15.1 Å². The molecule has 1 aromatic carbocycles. The third kappa shape index (κ3) is 5.39. The summed E-state index contributed by atoms with van der Waals surface area (Å²) in [5.74, 6) is 0.798. The Morgan fingerprint density at radius 2 is 2.07 bits per heavy atom. The van der Waals surface area contributed by atoms with Gasteiger partial charge in [-0.1, -0.05) is 35.3 Å². The van der Waals surface area contributed by atoms with Crippen molar-refractivity contribution in [3.05, 3.63) is 34.3 Å². The van der Waals surface area contributed by atoms with Crippen LogP contribution in [-0.4, -0.2) is 66.2 Å². The molecule has 3 rings (SSSR count). The van der Waals surface area contributed by atoms with Gasteiger partial charge in [-0.3, -0.25) is 5.10 Å². The van der Waals surface area contributed by atoms with E-state index in [0.717, 1.165) is 17.1 Å². The minimum absolute atomic E-state index is 0.0385. The molecule has 1 unspecified atom stereocenters. The lowest BCUT2D eigenvalue weighted by atomic mass is 10.1. The van der Waals surface area contributed by atoms with Crippen LogP contribution in [0.1, 0.15) is 27.2 Å². The maximum Gasteiger partial charge on any atom is 0.410 e. The van der Waals surface area contributed by atoms with Gasteiger partial charge in [0.2, 0.25) is 0 Å². The number of halogens is 2. The summed E-state index contributed by atoms with van der Waals surface area (Å²) in [7, 11) is 1.66. The van der Waals surface area contributed by atoms with Gasteiger partial charge >= 0.3 is 6.09 Å². The molecular formula is C21H28Cl2N4O3. The first-order chi connectivity index (χ1) is 14.2. The molecule has 7 nitrogen and oxygen atoms in total. The molecule has 1 amide bonds. The first kappa shape index (κ1) is 22.7. The van der Waals surface area contributed by atoms with Gasteiger partial charge in [0.05, 0.1) is 21.8 Å². The van der Waals surface area contributed by atoms with Gasteiger partial charge in [-0.05, 0) is 33.3 Å². The molecule has 1 aromatic heterocycles. The van der Waals surface area contributed by atoms with Crippen LogP contribution in [0.3, 0.4) is 0 Å². The predicted molar refractivity (Wildman–Crippen MR) is 119 cm³/mol. The Morgan fingerprint density at radius 3 is 2.77 bits per heavy atom. The molecule has 2 heterocycles. The third-order valence-corrected chi connectivity index (χ3v) is 5.71. The van der Waals surface area contributed by atoms with Gasteiger partial charge < -0.3 is 19.3 Å². The highest BCUT2D eigenvalue weighted by Crippen LogP contribution is 2.34. The molecule has 1 aliphatic heterocycles. The monoisotopic (exact) mass is 454 g/mol. The van der Waals surface area contributed by atoms with Gasteiger partial charge in [-0.15, -0.1) is 0 Å². The van der Waals surface area contributed by atoms with Crippen molar-refractivity contribution in [1.29, 1.82) is 0 Å². The van der Waals surface area contributed by atoms with Crippen molar-refractivity contribution in [2.45, 2.75) is 38.8 Å². The highest BCUT2D eigenvalue weighted by atomic mass is 35.5. The number of carbonyl (C=O) groups is 1. The van der Waals surface area contributed by atoms with Crippen LogP contribution in [0.2, 0.25) is 10.0 Å². The summed E-state index contributed by atoms with van der Waals surface area (Å²) in [5, 5.41) is 8.49. The van der Waals surface area contributed by atoms with Crippen molar-refractivity contribution in [2.24, 2.45) is 0 Å². The number of piperazine rings is 1. The second-order valence-corrected chi connectivity index (χ2v) is 9.08. The Hall–Kier alpha value is -1.96. The lowest BCUT2D eigenvalue weighted by Crippen LogP contribution is -2.56. The smallest absolute Gasteiger partial charge is 0.410 e. The number of amides is 1. The molecule has 0 aliphatic carbocycles. The zero-order chi connectivity index (χ0) is 21.9. The third-order valence-electron chi connectivity index (χ3n) is 4.90. The fourth-order valence-electron chi connectivity index (χ4n) is 3.45. The molecule has 0 radical (unpaired) electrons. The maximum absolute atomic E-state index is 12.7. The molecule has 0 spiro atoms. The minimum atomic E-state index is -0.534. The summed E-state index contributed by atoms with van der Waals surface area (Å²) in [4.78, 5) is 16.6. The van der Waals surface area contributed by atoms with Crippen molar-refractivity contribution in [1.82, 2.24) is 15.1 Å². The van der Waals surface area contributed by atoms with Crippen molar-refractivity contribution in [3.63, 3.8) is 0 Å². The van der Waals surface area contributed by atoms with E-state index >= 15 is 0 Å². The van der Waals surface area contributed by atoms with Crippen molar-refractivity contribution >= 4 is 35.1 Å². The summed E-state index contributed by atoms with van der Waals surface area (Å²) in [6, 6.07) is 7.41. The lowest BCUT2D eigenvalue weighted by molar-refractivity contribution is 0.0106. The Bertz CT molecular complexity index is 881. The van der Waals surface area contributed by atoms with Crippen molar-refractivity contribution in [3.8, 4) is 11.3 Å². The van der Waals surface area contributed by atoms with E-state index in [1.165, 1.54) is 0 Å². The fourth-order valence-corrected chi connectivity index (χ4v) is 3.85. The Morgan fingerprint density at radius 1 is 1.30 bits per heavy atom. The van der Waals surface area contributed by atoms with Crippen LogP contribution in [0.15, 0.2) is 24.3 Å². The second kappa shape index (κ2) is 9.45. The molecule has 30 heavy (non-hydrogen) atoms. The molecule has 1 saturated heterocycles. The molecule has 1 N–H and O–H groups in total. The number of nitrogens with one attached hydrogen (secondary N) is 1. The number of aromatic nitrogens is 2. The van der Waals surface area contributed by atoms with Gasteiger partial charge in [0.15, 0.2) is 5.82 Å². The van der Waals surface area contributed by atoms with Crippen LogP contribution in [0.25, 0.3) is 11.3 Å². The quantitative estimate of drug-likeness (QED) is 0.699. The number of rotatable bonds is 5. The van der Waals surface area contributed by atoms with Crippen molar-refractivity contribution in [2.75, 3.05) is 38.3 Å². The highest BCUT2D eigenvalue weighted by molar-refractivity contribution is 6.43. The van der Waals surface area contributed by atoms with Crippen LogP contribution in [0.5, 0.6) is 0 Å². The van der Waals surface area contributed by atoms with Crippen LogP contribution in [0.4, 0.5) is 10.6 Å². The van der Waals surface area contributed by atoms with Crippen LogP contribution >= 0.6 is 23.2 Å². The fraction of sp³-hybridized carbons (Fsp3) is 0.524. The second-order valence-electron chi connectivity index (χ2n) is 8.30. The number of anilines is 1. The van der Waals surface area contributed by atoms with Gasteiger partial charge in [0.1, 0.15) is 5.60 Å². The van der Waals surface area contributed by atoms with E-state index in [0.29, 0.717) is 42.7 Å². The summed E-state index contributed by atoms with van der Waals surface area (Å²) in [6.07, 6.45) is 0.417. The zero-order valence-electron chi connectivity index (χ0n) is 17.7. The average Bonchev–Trinajstić information content (AvgIpc) is 3.17. The Labute approximate surface area is 187 Å². The molecule has 0 bridgehead atoms. The SMILES string of the molecule is COCCC1CN(c2cc(-c3cccc(Cl)c3Cl)[nH]n2)CCN1C(=O)OC(C)(C)C. The molecule has 2 aromatic rings. The number of hydrogen-bond donors (Lipinski definition) is 1. The number of H-pyrrole nitrogens is 1. The highest BCUT2D eigenvalue weighted by Gasteiger charge is 2.34. The van der Waals surface area contributed by atoms with E-state index in [4.69, 9.17) is 32.7 Å². The summed E-state index contributed by atoms with van der Waals surface area (Å²) >= 11 is 12.5. The molecule has 1 aliphatic rings. The first-order valence-corrected chi connectivity index (χ1v) is 10.7. The van der Waals surface area contributed by atoms with Crippen LogP contribution in [-0.2, 0) is 9.47 Å². The van der Waals surface area contributed by atoms with Gasteiger partial charge in [0.25, 0.3) is 0 Å². The topological polar surface area (TPSA) is 70.7 Å². The maximum atomic E-state index is 12.7. The molecule has 164 valence electrons. The Balaban J connectivity index is 1.76. The number of aromatic amines is 1. The predicted octanol–water partition coefficient (Wildman–Crippen LogP) is 4.85. The van der Waals surface area contributed by atoms with E-state index < -0.39 is 5.60 Å². The minimum Gasteiger partial charge on any atom is -0.444 e. The molecule has 1 atom stereocenters. The van der Waals surface area contributed by atoms with E-state index in [1.54, 1.807) is 18.1 Å². The lowest BCUT2D eigenvalue weighted by Gasteiger charge is -2.41. The number of nitrogens with zero attached hydrogens (tertiary/aromatic N) is 3. The van der Waals surface area contributed by atoms with E-state index in [9.17, 15) is 4.79 Å². The van der Waals surface area contributed by atoms with Gasteiger partial charge in [-0.2, -0.15) is 5.10 Å². The molecule has 0 saturated carbocycles. The number of methoxy groups -OCH3 is 1. The normalized spacial score (nSPS) is 17.3. The summed E-state index contributed by atoms with van der Waals surface area (Å²) < 4.78 is 10.8. The number of ether oxygens (including phenoxy) is 2. The average molecular weight is 455 g/mol. The first-order valence-electron chi connectivity index (χ1n) is 9.93. The standard InChI is InChI=1S/C21H28Cl2N4O3/c1-21(2,3)30-20(28)27-10-9-26(13-14(27)8-11-29-4)18-12-17(24-25-18)15-6-5-7-16(22)19(15)23/h5-7,12,14H,8-11,13H2,1-4H3,(H,24,25). The largest absolute Gasteiger partial charge is 0.444 e. The number of hydrogen-bond acceptors (Lipinski definition) is 5. The van der Waals surface area contributed by atoms with Gasteiger partial charge in [-0.25, -0.2) is 4.79 Å². The number of benzene rings is 1. The van der Waals surface area contributed by atoms with E-state index in [1.807, 2.05) is 39.0 Å². The van der Waals surface area contributed by atoms with Crippen LogP contribution in [0, 0.1) is 0 Å².